The highest BCUT2D eigenvalue weighted by Gasteiger charge is 2.21. The smallest absolute Gasteiger partial charge is 0.160 e. The van der Waals surface area contributed by atoms with Gasteiger partial charge in [-0.25, -0.2) is 17.6 Å². The van der Waals surface area contributed by atoms with Crippen LogP contribution in [0.3, 0.4) is 0 Å². The Morgan fingerprint density at radius 2 is 1.55 bits per heavy atom. The van der Waals surface area contributed by atoms with Gasteiger partial charge in [0, 0.05) is 16.7 Å². The molecule has 2 aromatic carbocycles. The second kappa shape index (κ2) is 5.81. The van der Waals surface area contributed by atoms with E-state index in [1.165, 1.54) is 13.1 Å². The van der Waals surface area contributed by atoms with Crippen molar-refractivity contribution in [3.8, 4) is 0 Å². The monoisotopic (exact) mass is 303 g/mol. The van der Waals surface area contributed by atoms with Crippen LogP contribution in [0.4, 0.5) is 17.6 Å². The van der Waals surface area contributed by atoms with Gasteiger partial charge in [0.1, 0.15) is 11.6 Å². The molecule has 0 saturated heterocycles. The van der Waals surface area contributed by atoms with Crippen LogP contribution in [0, 0.1) is 23.3 Å². The molecule has 2 rings (SSSR count). The van der Waals surface area contributed by atoms with Crippen LogP contribution in [0.2, 0.25) is 5.02 Å². The third-order valence-electron chi connectivity index (χ3n) is 2.91. The summed E-state index contributed by atoms with van der Waals surface area (Å²) < 4.78 is 53.1. The molecule has 0 saturated carbocycles. The van der Waals surface area contributed by atoms with Crippen LogP contribution in [-0.2, 0) is 0 Å². The first kappa shape index (κ1) is 14.8. The van der Waals surface area contributed by atoms with Crippen LogP contribution in [0.1, 0.15) is 17.2 Å². The molecule has 1 atom stereocenters. The van der Waals surface area contributed by atoms with E-state index in [1.807, 2.05) is 0 Å². The molecule has 1 N–H and O–H groups in total. The number of halogens is 5. The Morgan fingerprint density at radius 1 is 0.900 bits per heavy atom. The molecule has 0 spiro atoms. The zero-order chi connectivity index (χ0) is 14.9. The number of nitrogens with one attached hydrogen (secondary N) is 1. The van der Waals surface area contributed by atoms with Crippen molar-refractivity contribution < 1.29 is 17.6 Å². The van der Waals surface area contributed by atoms with Crippen molar-refractivity contribution in [1.29, 1.82) is 0 Å². The molecule has 1 nitrogen and oxygen atoms in total. The van der Waals surface area contributed by atoms with Gasteiger partial charge in [-0.2, -0.15) is 0 Å². The fourth-order valence-corrected chi connectivity index (χ4v) is 2.23. The van der Waals surface area contributed by atoms with E-state index in [2.05, 4.69) is 5.32 Å². The van der Waals surface area contributed by atoms with Crippen LogP contribution in [0.15, 0.2) is 30.3 Å². The summed E-state index contributed by atoms with van der Waals surface area (Å²) in [5.74, 6) is -3.71. The van der Waals surface area contributed by atoms with E-state index in [9.17, 15) is 17.6 Å². The Hall–Kier alpha value is -1.59. The SMILES string of the molecule is CNC(c1ccc(F)cc1F)c1cc(F)c(F)cc1Cl. The Morgan fingerprint density at radius 3 is 2.15 bits per heavy atom. The van der Waals surface area contributed by atoms with Gasteiger partial charge in [0.2, 0.25) is 0 Å². The van der Waals surface area contributed by atoms with Gasteiger partial charge >= 0.3 is 0 Å². The highest BCUT2D eigenvalue weighted by molar-refractivity contribution is 6.31. The molecule has 0 radical (unpaired) electrons. The van der Waals surface area contributed by atoms with Crippen molar-refractivity contribution in [2.24, 2.45) is 0 Å². The van der Waals surface area contributed by atoms with Crippen molar-refractivity contribution in [3.05, 3.63) is 69.8 Å². The lowest BCUT2D eigenvalue weighted by Gasteiger charge is -2.19. The van der Waals surface area contributed by atoms with E-state index in [0.29, 0.717) is 6.07 Å². The molecule has 0 amide bonds. The van der Waals surface area contributed by atoms with Gasteiger partial charge in [0.05, 0.1) is 6.04 Å². The average Bonchev–Trinajstić information content (AvgIpc) is 2.38. The van der Waals surface area contributed by atoms with Crippen LogP contribution in [0.5, 0.6) is 0 Å². The third-order valence-corrected chi connectivity index (χ3v) is 3.24. The van der Waals surface area contributed by atoms with E-state index >= 15 is 0 Å². The van der Waals surface area contributed by atoms with Crippen LogP contribution >= 0.6 is 11.6 Å². The van der Waals surface area contributed by atoms with Crippen molar-refractivity contribution >= 4 is 11.6 Å². The lowest BCUT2D eigenvalue weighted by Crippen LogP contribution is -2.20. The van der Waals surface area contributed by atoms with Crippen molar-refractivity contribution in [2.75, 3.05) is 7.05 Å². The van der Waals surface area contributed by atoms with Gasteiger partial charge in [0.25, 0.3) is 0 Å². The molecule has 0 fully saturated rings. The number of hydrogen-bond acceptors (Lipinski definition) is 1. The first-order valence-corrected chi connectivity index (χ1v) is 6.08. The molecule has 6 heteroatoms. The molecular formula is C14H10ClF4N. The maximum absolute atomic E-state index is 13.8. The predicted octanol–water partition coefficient (Wildman–Crippen LogP) is 4.21. The standard InChI is InChI=1S/C14H10ClF4N/c1-20-14(8-3-2-7(16)4-11(8)17)9-5-12(18)13(19)6-10(9)15/h2-6,14,20H,1H3. The fraction of sp³-hybridized carbons (Fsp3) is 0.143. The second-order valence-corrected chi connectivity index (χ2v) is 4.58. The number of benzene rings is 2. The van der Waals surface area contributed by atoms with E-state index in [4.69, 9.17) is 11.6 Å². The zero-order valence-corrected chi connectivity index (χ0v) is 11.1. The summed E-state index contributed by atoms with van der Waals surface area (Å²) in [6.07, 6.45) is 0. The second-order valence-electron chi connectivity index (χ2n) is 4.18. The van der Waals surface area contributed by atoms with Gasteiger partial charge in [-0.15, -0.1) is 0 Å². The molecule has 1 unspecified atom stereocenters. The summed E-state index contributed by atoms with van der Waals surface area (Å²) in [5, 5.41) is 2.70. The molecule has 0 aliphatic rings. The largest absolute Gasteiger partial charge is 0.309 e. The Kier molecular flexibility index (Phi) is 4.30. The van der Waals surface area contributed by atoms with Gasteiger partial charge in [-0.3, -0.25) is 0 Å². The van der Waals surface area contributed by atoms with Crippen LogP contribution < -0.4 is 5.32 Å². The van der Waals surface area contributed by atoms with Gasteiger partial charge in [0.15, 0.2) is 11.6 Å². The van der Waals surface area contributed by atoms with E-state index in [-0.39, 0.29) is 16.1 Å². The Balaban J connectivity index is 2.55. The Bertz CT molecular complexity index is 645. The highest BCUT2D eigenvalue weighted by Crippen LogP contribution is 2.31. The van der Waals surface area contributed by atoms with Crippen LogP contribution in [0.25, 0.3) is 0 Å². The summed E-state index contributed by atoms with van der Waals surface area (Å²) in [7, 11) is 1.51. The predicted molar refractivity (Wildman–Crippen MR) is 68.6 cm³/mol. The zero-order valence-electron chi connectivity index (χ0n) is 10.4. The summed E-state index contributed by atoms with van der Waals surface area (Å²) in [6.45, 7) is 0. The first-order chi connectivity index (χ1) is 9.43. The highest BCUT2D eigenvalue weighted by atomic mass is 35.5. The molecular weight excluding hydrogens is 294 g/mol. The van der Waals surface area contributed by atoms with E-state index in [0.717, 1.165) is 18.2 Å². The first-order valence-electron chi connectivity index (χ1n) is 5.70. The van der Waals surface area contributed by atoms with Crippen LogP contribution in [-0.4, -0.2) is 7.05 Å². The summed E-state index contributed by atoms with van der Waals surface area (Å²) in [4.78, 5) is 0. The lowest BCUT2D eigenvalue weighted by molar-refractivity contribution is 0.503. The molecule has 2 aromatic rings. The molecule has 0 aliphatic carbocycles. The van der Waals surface area contributed by atoms with Crippen molar-refractivity contribution in [2.45, 2.75) is 6.04 Å². The van der Waals surface area contributed by atoms with Gasteiger partial charge in [-0.05, 0) is 30.8 Å². The van der Waals surface area contributed by atoms with E-state index < -0.39 is 29.3 Å². The average molecular weight is 304 g/mol. The topological polar surface area (TPSA) is 12.0 Å². The lowest BCUT2D eigenvalue weighted by atomic mass is 9.98. The normalized spacial score (nSPS) is 12.5. The minimum Gasteiger partial charge on any atom is -0.309 e. The molecule has 0 heterocycles. The molecule has 0 aromatic heterocycles. The minimum atomic E-state index is -1.09. The summed E-state index contributed by atoms with van der Waals surface area (Å²) >= 11 is 5.87. The third kappa shape index (κ3) is 2.78. The summed E-state index contributed by atoms with van der Waals surface area (Å²) in [5.41, 5.74) is 0.250. The Labute approximate surface area is 118 Å². The maximum Gasteiger partial charge on any atom is 0.160 e. The fourth-order valence-electron chi connectivity index (χ4n) is 1.97. The number of rotatable bonds is 3. The van der Waals surface area contributed by atoms with Gasteiger partial charge in [-0.1, -0.05) is 17.7 Å². The molecule has 20 heavy (non-hydrogen) atoms. The van der Waals surface area contributed by atoms with Crippen molar-refractivity contribution in [1.82, 2.24) is 5.32 Å². The number of hydrogen-bond donors (Lipinski definition) is 1. The molecule has 0 aliphatic heterocycles. The minimum absolute atomic E-state index is 0.0491. The molecule has 0 bridgehead atoms. The van der Waals surface area contributed by atoms with E-state index in [1.54, 1.807) is 0 Å². The molecule has 106 valence electrons. The maximum atomic E-state index is 13.8. The van der Waals surface area contributed by atoms with Crippen molar-refractivity contribution in [3.63, 3.8) is 0 Å². The quantitative estimate of drug-likeness (QED) is 0.662. The van der Waals surface area contributed by atoms with Gasteiger partial charge < -0.3 is 5.32 Å². The summed E-state index contributed by atoms with van der Waals surface area (Å²) in [6, 6.07) is 3.91.